The van der Waals surface area contributed by atoms with Gasteiger partial charge in [-0.25, -0.2) is 0 Å². The van der Waals surface area contributed by atoms with Crippen molar-refractivity contribution in [2.75, 3.05) is 33.2 Å². The molecular formula is C15H30N2O2. The number of nitrogens with zero attached hydrogens (tertiary/aromatic N) is 2. The van der Waals surface area contributed by atoms with Crippen molar-refractivity contribution in [3.05, 3.63) is 0 Å². The van der Waals surface area contributed by atoms with E-state index in [-0.39, 0.29) is 6.54 Å². The van der Waals surface area contributed by atoms with Gasteiger partial charge in [0.1, 0.15) is 0 Å². The van der Waals surface area contributed by atoms with Gasteiger partial charge in [0.25, 0.3) is 0 Å². The molecule has 0 spiro atoms. The summed E-state index contributed by atoms with van der Waals surface area (Å²) < 4.78 is 0. The Morgan fingerprint density at radius 1 is 1.32 bits per heavy atom. The molecule has 0 aliphatic carbocycles. The van der Waals surface area contributed by atoms with Crippen LogP contribution in [0.4, 0.5) is 0 Å². The van der Waals surface area contributed by atoms with Crippen LogP contribution in [0.3, 0.4) is 0 Å². The van der Waals surface area contributed by atoms with Gasteiger partial charge in [0.2, 0.25) is 0 Å². The van der Waals surface area contributed by atoms with Crippen LogP contribution in [0.25, 0.3) is 0 Å². The molecule has 0 aromatic heterocycles. The Balaban J connectivity index is 2.40. The van der Waals surface area contributed by atoms with Crippen LogP contribution in [0, 0.1) is 5.92 Å². The quantitative estimate of drug-likeness (QED) is 0.771. The van der Waals surface area contributed by atoms with Crippen LogP contribution in [0.1, 0.15) is 46.0 Å². The van der Waals surface area contributed by atoms with Crippen LogP contribution in [0.15, 0.2) is 0 Å². The van der Waals surface area contributed by atoms with E-state index in [0.29, 0.717) is 6.04 Å². The maximum absolute atomic E-state index is 10.8. The molecule has 0 bridgehead atoms. The van der Waals surface area contributed by atoms with Gasteiger partial charge in [0, 0.05) is 12.6 Å². The van der Waals surface area contributed by atoms with Gasteiger partial charge >= 0.3 is 5.97 Å². The molecule has 4 heteroatoms. The first-order valence-electron chi connectivity index (χ1n) is 7.71. The number of hydrogen-bond donors (Lipinski definition) is 1. The van der Waals surface area contributed by atoms with Crippen molar-refractivity contribution >= 4 is 5.97 Å². The minimum atomic E-state index is -0.722. The highest BCUT2D eigenvalue weighted by Crippen LogP contribution is 2.18. The number of aliphatic carboxylic acids is 1. The lowest BCUT2D eigenvalue weighted by atomic mass is 10.0. The summed E-state index contributed by atoms with van der Waals surface area (Å²) in [5, 5.41) is 8.87. The summed E-state index contributed by atoms with van der Waals surface area (Å²) in [5.74, 6) is 0.0916. The molecule has 19 heavy (non-hydrogen) atoms. The second-order valence-corrected chi connectivity index (χ2v) is 5.88. The maximum atomic E-state index is 10.8. The zero-order valence-electron chi connectivity index (χ0n) is 12.8. The van der Waals surface area contributed by atoms with Gasteiger partial charge in [0.05, 0.1) is 6.54 Å². The van der Waals surface area contributed by atoms with Gasteiger partial charge in [-0.05, 0) is 45.3 Å². The van der Waals surface area contributed by atoms with Crippen molar-refractivity contribution in [2.24, 2.45) is 5.92 Å². The Bertz CT molecular complexity index is 267. The fourth-order valence-electron chi connectivity index (χ4n) is 3.02. The first kappa shape index (κ1) is 16.4. The van der Waals surface area contributed by atoms with E-state index in [9.17, 15) is 4.79 Å². The SMILES string of the molecule is CCC(CC)CN1CCCC(N(C)CC(=O)O)CC1. The molecule has 1 aliphatic heterocycles. The highest BCUT2D eigenvalue weighted by Gasteiger charge is 2.22. The molecule has 0 aromatic carbocycles. The zero-order chi connectivity index (χ0) is 14.3. The molecule has 1 atom stereocenters. The van der Waals surface area contributed by atoms with Crippen molar-refractivity contribution in [2.45, 2.75) is 52.0 Å². The summed E-state index contributed by atoms with van der Waals surface area (Å²) in [6, 6.07) is 0.433. The summed E-state index contributed by atoms with van der Waals surface area (Å²) in [6.45, 7) is 8.21. The molecular weight excluding hydrogens is 240 g/mol. The van der Waals surface area contributed by atoms with Crippen LogP contribution in [0.5, 0.6) is 0 Å². The summed E-state index contributed by atoms with van der Waals surface area (Å²) in [4.78, 5) is 15.4. The van der Waals surface area contributed by atoms with E-state index in [1.807, 2.05) is 11.9 Å². The van der Waals surface area contributed by atoms with Crippen molar-refractivity contribution in [1.29, 1.82) is 0 Å². The van der Waals surface area contributed by atoms with Crippen LogP contribution in [-0.4, -0.2) is 60.1 Å². The van der Waals surface area contributed by atoms with E-state index in [2.05, 4.69) is 18.7 Å². The summed E-state index contributed by atoms with van der Waals surface area (Å²) in [7, 11) is 1.94. The summed E-state index contributed by atoms with van der Waals surface area (Å²) >= 11 is 0. The Hall–Kier alpha value is -0.610. The van der Waals surface area contributed by atoms with Crippen LogP contribution in [-0.2, 0) is 4.79 Å². The van der Waals surface area contributed by atoms with E-state index < -0.39 is 5.97 Å². The summed E-state index contributed by atoms with van der Waals surface area (Å²) in [5.41, 5.74) is 0. The minimum Gasteiger partial charge on any atom is -0.480 e. The molecule has 1 unspecified atom stereocenters. The molecule has 1 N–H and O–H groups in total. The molecule has 0 aromatic rings. The second kappa shape index (κ2) is 8.54. The van der Waals surface area contributed by atoms with Gasteiger partial charge in [-0.1, -0.05) is 26.7 Å². The Morgan fingerprint density at radius 2 is 2.00 bits per heavy atom. The lowest BCUT2D eigenvalue weighted by Crippen LogP contribution is -2.37. The lowest BCUT2D eigenvalue weighted by Gasteiger charge is -2.27. The molecule has 4 nitrogen and oxygen atoms in total. The molecule has 0 saturated carbocycles. The van der Waals surface area contributed by atoms with Gasteiger partial charge in [0.15, 0.2) is 0 Å². The molecule has 112 valence electrons. The number of hydrogen-bond acceptors (Lipinski definition) is 3. The van der Waals surface area contributed by atoms with Gasteiger partial charge in [-0.15, -0.1) is 0 Å². The molecule has 0 radical (unpaired) electrons. The first-order chi connectivity index (χ1) is 9.06. The van der Waals surface area contributed by atoms with Crippen molar-refractivity contribution in [3.8, 4) is 0 Å². The van der Waals surface area contributed by atoms with Crippen LogP contribution in [0.2, 0.25) is 0 Å². The van der Waals surface area contributed by atoms with E-state index >= 15 is 0 Å². The average Bonchev–Trinajstić information content (AvgIpc) is 2.60. The Labute approximate surface area is 117 Å². The molecule has 1 rings (SSSR count). The zero-order valence-corrected chi connectivity index (χ0v) is 12.8. The highest BCUT2D eigenvalue weighted by atomic mass is 16.4. The van der Waals surface area contributed by atoms with E-state index in [4.69, 9.17) is 5.11 Å². The van der Waals surface area contributed by atoms with Crippen LogP contribution >= 0.6 is 0 Å². The minimum absolute atomic E-state index is 0.164. The van der Waals surface area contributed by atoms with Gasteiger partial charge in [-0.3, -0.25) is 9.69 Å². The predicted molar refractivity (Wildman–Crippen MR) is 78.4 cm³/mol. The van der Waals surface area contributed by atoms with Gasteiger partial charge < -0.3 is 10.0 Å². The molecule has 1 saturated heterocycles. The largest absolute Gasteiger partial charge is 0.480 e. The Morgan fingerprint density at radius 3 is 2.58 bits per heavy atom. The summed E-state index contributed by atoms with van der Waals surface area (Å²) in [6.07, 6.45) is 5.94. The Kier molecular flexibility index (Phi) is 7.39. The number of likely N-dealkylation sites (N-methyl/N-ethyl adjacent to an activating group) is 1. The number of likely N-dealkylation sites (tertiary alicyclic amines) is 1. The molecule has 1 fully saturated rings. The standard InChI is InChI=1S/C15H30N2O2/c1-4-13(5-2)11-17-9-6-7-14(8-10-17)16(3)12-15(18)19/h13-14H,4-12H2,1-3H3,(H,18,19). The number of carboxylic acids is 1. The molecule has 1 aliphatic rings. The maximum Gasteiger partial charge on any atom is 0.317 e. The van der Waals surface area contributed by atoms with Crippen molar-refractivity contribution in [1.82, 2.24) is 9.80 Å². The number of rotatable bonds is 7. The van der Waals surface area contributed by atoms with Crippen molar-refractivity contribution < 1.29 is 9.90 Å². The third-order valence-corrected chi connectivity index (χ3v) is 4.47. The van der Waals surface area contributed by atoms with E-state index in [1.54, 1.807) is 0 Å². The van der Waals surface area contributed by atoms with E-state index in [1.165, 1.54) is 32.4 Å². The first-order valence-corrected chi connectivity index (χ1v) is 7.71. The third-order valence-electron chi connectivity index (χ3n) is 4.47. The third kappa shape index (κ3) is 5.91. The number of carbonyl (C=O) groups is 1. The predicted octanol–water partition coefficient (Wildman–Crippen LogP) is 2.29. The lowest BCUT2D eigenvalue weighted by molar-refractivity contribution is -0.138. The normalized spacial score (nSPS) is 21.8. The average molecular weight is 270 g/mol. The van der Waals surface area contributed by atoms with Crippen LogP contribution < -0.4 is 0 Å². The highest BCUT2D eigenvalue weighted by molar-refractivity contribution is 5.69. The van der Waals surface area contributed by atoms with Crippen molar-refractivity contribution in [3.63, 3.8) is 0 Å². The fraction of sp³-hybridized carbons (Fsp3) is 0.933. The molecule has 1 heterocycles. The van der Waals surface area contributed by atoms with E-state index in [0.717, 1.165) is 25.3 Å². The topological polar surface area (TPSA) is 43.8 Å². The fourth-order valence-corrected chi connectivity index (χ4v) is 3.02. The second-order valence-electron chi connectivity index (χ2n) is 5.88. The smallest absolute Gasteiger partial charge is 0.317 e. The monoisotopic (exact) mass is 270 g/mol. The number of carboxylic acid groups (broad SMARTS) is 1. The molecule has 0 amide bonds. The van der Waals surface area contributed by atoms with Gasteiger partial charge in [-0.2, -0.15) is 0 Å².